The highest BCUT2D eigenvalue weighted by molar-refractivity contribution is 6.43. The van der Waals surface area contributed by atoms with Gasteiger partial charge in [0.05, 0.1) is 20.7 Å². The van der Waals surface area contributed by atoms with Crippen LogP contribution in [0.2, 0.25) is 10.0 Å². The van der Waals surface area contributed by atoms with Crippen LogP contribution >= 0.6 is 23.2 Å². The van der Waals surface area contributed by atoms with E-state index in [4.69, 9.17) is 23.2 Å². The molecule has 0 saturated heterocycles. The van der Waals surface area contributed by atoms with Crippen LogP contribution in [-0.2, 0) is 6.54 Å². The Bertz CT molecular complexity index is 665. The van der Waals surface area contributed by atoms with Crippen LogP contribution in [0.15, 0.2) is 36.4 Å². The molecule has 0 aromatic heterocycles. The van der Waals surface area contributed by atoms with Gasteiger partial charge in [0.2, 0.25) is 5.82 Å². The minimum Gasteiger partial charge on any atom is -0.380 e. The van der Waals surface area contributed by atoms with E-state index in [9.17, 15) is 14.5 Å². The molecule has 2 aromatic carbocycles. The van der Waals surface area contributed by atoms with Gasteiger partial charge in [-0.05, 0) is 23.8 Å². The molecule has 0 spiro atoms. The number of hydrogen-bond donors (Lipinski definition) is 1. The zero-order valence-electron chi connectivity index (χ0n) is 10.1. The summed E-state index contributed by atoms with van der Waals surface area (Å²) in [5.41, 5.74) is 0.622. The summed E-state index contributed by atoms with van der Waals surface area (Å²) in [6.45, 7) is 0.273. The van der Waals surface area contributed by atoms with Gasteiger partial charge in [-0.25, -0.2) is 0 Å². The van der Waals surface area contributed by atoms with Crippen molar-refractivity contribution in [3.05, 3.63) is 67.9 Å². The number of benzene rings is 2. The molecule has 7 heteroatoms. The van der Waals surface area contributed by atoms with Gasteiger partial charge >= 0.3 is 5.69 Å². The molecule has 0 atom stereocenters. The van der Waals surface area contributed by atoms with Crippen LogP contribution in [0.1, 0.15) is 5.56 Å². The second kappa shape index (κ2) is 6.07. The minimum atomic E-state index is -0.869. The smallest absolute Gasteiger partial charge is 0.304 e. The van der Waals surface area contributed by atoms with E-state index in [2.05, 4.69) is 5.32 Å². The topological polar surface area (TPSA) is 55.2 Å². The number of rotatable bonds is 4. The van der Waals surface area contributed by atoms with Crippen molar-refractivity contribution in [1.29, 1.82) is 0 Å². The van der Waals surface area contributed by atoms with Gasteiger partial charge in [0.1, 0.15) is 0 Å². The predicted octanol–water partition coefficient (Wildman–Crippen LogP) is 4.65. The Balaban J connectivity index is 2.13. The fourth-order valence-corrected chi connectivity index (χ4v) is 2.01. The molecule has 104 valence electrons. The number of nitrogens with one attached hydrogen (secondary N) is 1. The third-order valence-electron chi connectivity index (χ3n) is 2.64. The van der Waals surface area contributed by atoms with Crippen LogP contribution < -0.4 is 5.32 Å². The molecule has 0 unspecified atom stereocenters. The number of nitro groups is 1. The first-order chi connectivity index (χ1) is 9.49. The van der Waals surface area contributed by atoms with Crippen LogP contribution in [-0.4, -0.2) is 4.92 Å². The lowest BCUT2D eigenvalue weighted by Gasteiger charge is -2.09. The largest absolute Gasteiger partial charge is 0.380 e. The number of anilines is 1. The Hall–Kier alpha value is -1.85. The fourth-order valence-electron chi connectivity index (χ4n) is 1.65. The van der Waals surface area contributed by atoms with E-state index < -0.39 is 16.4 Å². The van der Waals surface area contributed by atoms with Crippen LogP contribution in [0.25, 0.3) is 0 Å². The van der Waals surface area contributed by atoms with Gasteiger partial charge < -0.3 is 5.32 Å². The van der Waals surface area contributed by atoms with Gasteiger partial charge in [0.15, 0.2) is 0 Å². The monoisotopic (exact) mass is 314 g/mol. The molecule has 20 heavy (non-hydrogen) atoms. The first kappa shape index (κ1) is 14.6. The Kier molecular flexibility index (Phi) is 4.42. The van der Waals surface area contributed by atoms with Crippen molar-refractivity contribution in [3.8, 4) is 0 Å². The predicted molar refractivity (Wildman–Crippen MR) is 76.8 cm³/mol. The van der Waals surface area contributed by atoms with Crippen LogP contribution in [0, 0.1) is 15.9 Å². The summed E-state index contributed by atoms with van der Waals surface area (Å²) in [7, 11) is 0. The summed E-state index contributed by atoms with van der Waals surface area (Å²) in [5.74, 6) is -0.869. The molecule has 2 rings (SSSR count). The zero-order valence-corrected chi connectivity index (χ0v) is 11.6. The average molecular weight is 315 g/mol. The SMILES string of the molecule is O=[N+]([O-])c1ccc(CNc2cccc(Cl)c2Cl)cc1F. The molecule has 0 amide bonds. The molecule has 0 aliphatic heterocycles. The number of halogens is 3. The summed E-state index contributed by atoms with van der Waals surface area (Å²) in [6, 6.07) is 8.84. The van der Waals surface area contributed by atoms with Crippen molar-refractivity contribution in [1.82, 2.24) is 0 Å². The lowest BCUT2D eigenvalue weighted by atomic mass is 10.2. The first-order valence-corrected chi connectivity index (χ1v) is 6.35. The van der Waals surface area contributed by atoms with Crippen molar-refractivity contribution < 1.29 is 9.31 Å². The molecule has 0 heterocycles. The summed E-state index contributed by atoms with van der Waals surface area (Å²) < 4.78 is 13.5. The summed E-state index contributed by atoms with van der Waals surface area (Å²) in [5, 5.41) is 14.3. The van der Waals surface area contributed by atoms with Crippen LogP contribution in [0.5, 0.6) is 0 Å². The fraction of sp³-hybridized carbons (Fsp3) is 0.0769. The second-order valence-electron chi connectivity index (χ2n) is 4.00. The average Bonchev–Trinajstić information content (AvgIpc) is 2.40. The van der Waals surface area contributed by atoms with E-state index in [1.807, 2.05) is 0 Å². The van der Waals surface area contributed by atoms with Crippen LogP contribution in [0.4, 0.5) is 15.8 Å². The lowest BCUT2D eigenvalue weighted by Crippen LogP contribution is -2.01. The molecular weight excluding hydrogens is 306 g/mol. The van der Waals surface area contributed by atoms with Gasteiger partial charge in [-0.2, -0.15) is 4.39 Å². The van der Waals surface area contributed by atoms with E-state index in [0.29, 0.717) is 21.3 Å². The van der Waals surface area contributed by atoms with Gasteiger partial charge in [-0.15, -0.1) is 0 Å². The van der Waals surface area contributed by atoms with Gasteiger partial charge in [0, 0.05) is 12.6 Å². The van der Waals surface area contributed by atoms with Gasteiger partial charge in [0.25, 0.3) is 0 Å². The third-order valence-corrected chi connectivity index (χ3v) is 3.46. The highest BCUT2D eigenvalue weighted by Gasteiger charge is 2.13. The van der Waals surface area contributed by atoms with E-state index >= 15 is 0 Å². The Morgan fingerprint density at radius 1 is 1.25 bits per heavy atom. The Morgan fingerprint density at radius 3 is 2.65 bits per heavy atom. The Labute approximate surface area is 124 Å². The summed E-state index contributed by atoms with van der Waals surface area (Å²) in [4.78, 5) is 9.75. The highest BCUT2D eigenvalue weighted by Crippen LogP contribution is 2.30. The highest BCUT2D eigenvalue weighted by atomic mass is 35.5. The van der Waals surface area contributed by atoms with Crippen molar-refractivity contribution >= 4 is 34.6 Å². The molecule has 0 fully saturated rings. The molecule has 4 nitrogen and oxygen atoms in total. The van der Waals surface area contributed by atoms with Crippen molar-refractivity contribution in [2.75, 3.05) is 5.32 Å². The maximum Gasteiger partial charge on any atom is 0.304 e. The molecular formula is C13H9Cl2FN2O2. The van der Waals surface area contributed by atoms with E-state index in [-0.39, 0.29) is 6.54 Å². The van der Waals surface area contributed by atoms with Gasteiger partial charge in [-0.1, -0.05) is 35.3 Å². The Morgan fingerprint density at radius 2 is 2.00 bits per heavy atom. The zero-order chi connectivity index (χ0) is 14.7. The van der Waals surface area contributed by atoms with Crippen molar-refractivity contribution in [3.63, 3.8) is 0 Å². The molecule has 0 radical (unpaired) electrons. The van der Waals surface area contributed by atoms with Crippen molar-refractivity contribution in [2.45, 2.75) is 6.54 Å². The molecule has 0 bridgehead atoms. The normalized spacial score (nSPS) is 10.3. The minimum absolute atomic E-state index is 0.273. The van der Waals surface area contributed by atoms with E-state index in [1.165, 1.54) is 6.07 Å². The van der Waals surface area contributed by atoms with Gasteiger partial charge in [-0.3, -0.25) is 10.1 Å². The van der Waals surface area contributed by atoms with Crippen LogP contribution in [0.3, 0.4) is 0 Å². The summed E-state index contributed by atoms with van der Waals surface area (Å²) in [6.07, 6.45) is 0. The quantitative estimate of drug-likeness (QED) is 0.660. The summed E-state index contributed by atoms with van der Waals surface area (Å²) >= 11 is 11.9. The first-order valence-electron chi connectivity index (χ1n) is 5.59. The molecule has 1 N–H and O–H groups in total. The van der Waals surface area contributed by atoms with Crippen molar-refractivity contribution in [2.24, 2.45) is 0 Å². The molecule has 0 saturated carbocycles. The molecule has 0 aliphatic carbocycles. The maximum absolute atomic E-state index is 13.5. The second-order valence-corrected chi connectivity index (χ2v) is 4.78. The lowest BCUT2D eigenvalue weighted by molar-refractivity contribution is -0.387. The number of nitro benzene ring substituents is 1. The maximum atomic E-state index is 13.5. The van der Waals surface area contributed by atoms with E-state index in [1.54, 1.807) is 18.2 Å². The molecule has 0 aliphatic rings. The standard InChI is InChI=1S/C13H9Cl2FN2O2/c14-9-2-1-3-11(13(9)15)17-7-8-4-5-12(18(19)20)10(16)6-8/h1-6,17H,7H2. The van der Waals surface area contributed by atoms with E-state index in [0.717, 1.165) is 12.1 Å². The number of nitrogens with zero attached hydrogens (tertiary/aromatic N) is 1. The molecule has 2 aromatic rings. The third kappa shape index (κ3) is 3.18. The number of hydrogen-bond acceptors (Lipinski definition) is 3.